The molecule has 2 N–H and O–H groups in total. The van der Waals surface area contributed by atoms with Crippen molar-refractivity contribution in [1.82, 2.24) is 29.7 Å². The van der Waals surface area contributed by atoms with Gasteiger partial charge in [0.25, 0.3) is 12.3 Å². The Kier molecular flexibility index (Phi) is 8.35. The number of aromatic nitrogens is 4. The highest BCUT2D eigenvalue weighted by molar-refractivity contribution is 5.98. The van der Waals surface area contributed by atoms with Crippen molar-refractivity contribution in [3.05, 3.63) is 59.4 Å². The van der Waals surface area contributed by atoms with E-state index in [-0.39, 0.29) is 41.1 Å². The maximum atomic E-state index is 15.6. The van der Waals surface area contributed by atoms with Crippen molar-refractivity contribution in [2.24, 2.45) is 0 Å². The van der Waals surface area contributed by atoms with E-state index in [0.717, 1.165) is 36.3 Å². The zero-order chi connectivity index (χ0) is 36.7. The number of piperidine rings is 1. The van der Waals surface area contributed by atoms with E-state index < -0.39 is 23.7 Å². The monoisotopic (exact) mass is 714 g/mol. The minimum Gasteiger partial charge on any atom is -0.366 e. The van der Waals surface area contributed by atoms with Crippen LogP contribution in [0.15, 0.2) is 36.8 Å². The molecule has 0 atom stereocenters. The molecule has 9 nitrogen and oxygen atoms in total. The van der Waals surface area contributed by atoms with Gasteiger partial charge in [-0.25, -0.2) is 23.1 Å². The summed E-state index contributed by atoms with van der Waals surface area (Å²) in [6, 6.07) is 7.22. The molecular weight excluding hydrogens is 665 g/mol. The minimum absolute atomic E-state index is 0.0156. The second kappa shape index (κ2) is 12.5. The van der Waals surface area contributed by atoms with Crippen molar-refractivity contribution < 1.29 is 18.0 Å². The third-order valence-electron chi connectivity index (χ3n) is 12.1. The minimum atomic E-state index is -2.67. The maximum Gasteiger partial charge on any atom is 0.261 e. The van der Waals surface area contributed by atoms with Crippen LogP contribution in [0.2, 0.25) is 0 Å². The normalized spacial score (nSPS) is 23.6. The maximum absolute atomic E-state index is 15.6. The molecular formula is C40H49F3N8O. The topological polar surface area (TPSA) is 91.2 Å². The molecule has 4 aliphatic rings. The Morgan fingerprint density at radius 3 is 2.40 bits per heavy atom. The van der Waals surface area contributed by atoms with Gasteiger partial charge < -0.3 is 20.1 Å². The highest BCUT2D eigenvalue weighted by Crippen LogP contribution is 2.49. The predicted octanol–water partition coefficient (Wildman–Crippen LogP) is 8.30. The number of aryl methyl sites for hydroxylation is 1. The second-order valence-corrected chi connectivity index (χ2v) is 16.9. The van der Waals surface area contributed by atoms with Crippen molar-refractivity contribution in [2.75, 3.05) is 29.9 Å². The number of alkyl halides is 2. The van der Waals surface area contributed by atoms with Gasteiger partial charge in [-0.15, -0.1) is 0 Å². The summed E-state index contributed by atoms with van der Waals surface area (Å²) in [6.07, 6.45) is 7.51. The number of anilines is 3. The van der Waals surface area contributed by atoms with Crippen molar-refractivity contribution in [3.8, 4) is 11.3 Å². The van der Waals surface area contributed by atoms with E-state index in [1.54, 1.807) is 13.3 Å². The molecule has 2 aliphatic heterocycles. The van der Waals surface area contributed by atoms with Crippen LogP contribution in [0.4, 0.5) is 30.4 Å². The number of halogens is 3. The van der Waals surface area contributed by atoms with Crippen LogP contribution in [0.3, 0.4) is 0 Å². The molecule has 52 heavy (non-hydrogen) atoms. The number of fused-ring (bicyclic) bond motifs is 2. The number of nitrogens with zero attached hydrogens (tertiary/aromatic N) is 6. The summed E-state index contributed by atoms with van der Waals surface area (Å²) in [4.78, 5) is 33.3. The van der Waals surface area contributed by atoms with E-state index in [2.05, 4.69) is 47.3 Å². The Morgan fingerprint density at radius 1 is 1.00 bits per heavy atom. The second-order valence-electron chi connectivity index (χ2n) is 16.9. The van der Waals surface area contributed by atoms with Crippen molar-refractivity contribution >= 4 is 34.1 Å². The Morgan fingerprint density at radius 2 is 1.73 bits per heavy atom. The Bertz CT molecular complexity index is 2040. The van der Waals surface area contributed by atoms with Crippen LogP contribution >= 0.6 is 0 Å². The van der Waals surface area contributed by atoms with Crippen LogP contribution in [0.1, 0.15) is 107 Å². The van der Waals surface area contributed by atoms with Crippen LogP contribution in [-0.4, -0.2) is 73.5 Å². The van der Waals surface area contributed by atoms with Crippen molar-refractivity contribution in [3.63, 3.8) is 0 Å². The summed E-state index contributed by atoms with van der Waals surface area (Å²) < 4.78 is 44.9. The largest absolute Gasteiger partial charge is 0.366 e. The average molecular weight is 715 g/mol. The van der Waals surface area contributed by atoms with Crippen molar-refractivity contribution in [1.29, 1.82) is 0 Å². The van der Waals surface area contributed by atoms with Crippen LogP contribution in [-0.2, 0) is 5.41 Å². The number of rotatable bonds is 9. The molecule has 1 amide bonds. The first-order valence-electron chi connectivity index (χ1n) is 18.8. The van der Waals surface area contributed by atoms with Crippen LogP contribution in [0.5, 0.6) is 0 Å². The molecule has 4 aromatic rings. The molecule has 3 aromatic heterocycles. The number of likely N-dealkylation sites (tertiary alicyclic amines) is 1. The highest BCUT2D eigenvalue weighted by atomic mass is 19.3. The zero-order valence-corrected chi connectivity index (χ0v) is 31.0. The van der Waals surface area contributed by atoms with Crippen LogP contribution in [0, 0.1) is 12.7 Å². The Labute approximate surface area is 303 Å². The summed E-state index contributed by atoms with van der Waals surface area (Å²) >= 11 is 0. The number of imidazole rings is 1. The number of hydrogen-bond donors (Lipinski definition) is 2. The predicted molar refractivity (Wildman–Crippen MR) is 198 cm³/mol. The number of benzene rings is 1. The Balaban J connectivity index is 1.14. The lowest BCUT2D eigenvalue weighted by molar-refractivity contribution is 0.00197. The summed E-state index contributed by atoms with van der Waals surface area (Å²) in [5, 5.41) is 5.67. The van der Waals surface area contributed by atoms with Crippen LogP contribution in [0.25, 0.3) is 22.3 Å². The molecule has 276 valence electrons. The number of hydrogen-bond acceptors (Lipinski definition) is 7. The molecule has 0 bridgehead atoms. The fourth-order valence-electron chi connectivity index (χ4n) is 8.77. The fourth-order valence-corrected chi connectivity index (χ4v) is 8.77. The standard InChI is InChI=1S/C40H49F3N8O/c1-23(2)51-22-45-31-17-29(46-35(33(31)51)47-30-16-27(24(3)14-28(30)41)36(52)48-40(10-11-40)37(42)43)25-15-32-34(44-20-25)38(4,5)21-50(32)26-18-39(6,19-26)49-12-8-7-9-13-49/h14-17,20,22-23,26,37H,7-13,18-19,21H2,1-6H3,(H,46,47)(H,48,52). The number of carbonyl (C=O) groups is 1. The lowest BCUT2D eigenvalue weighted by Gasteiger charge is -2.56. The summed E-state index contributed by atoms with van der Waals surface area (Å²) in [6.45, 7) is 15.9. The average Bonchev–Trinajstić information content (AvgIpc) is 3.66. The van der Waals surface area contributed by atoms with Crippen LogP contribution < -0.4 is 15.5 Å². The molecule has 1 saturated heterocycles. The third-order valence-corrected chi connectivity index (χ3v) is 12.1. The highest BCUT2D eigenvalue weighted by Gasteiger charge is 2.53. The van der Waals surface area contributed by atoms with E-state index in [1.165, 1.54) is 44.5 Å². The number of carbonyl (C=O) groups excluding carboxylic acids is 1. The van der Waals surface area contributed by atoms with Gasteiger partial charge in [-0.2, -0.15) is 0 Å². The Hall–Kier alpha value is -4.19. The first-order valence-corrected chi connectivity index (χ1v) is 18.8. The molecule has 1 aromatic carbocycles. The van der Waals surface area contributed by atoms with Gasteiger partial charge in [0.2, 0.25) is 0 Å². The van der Waals surface area contributed by atoms with Gasteiger partial charge in [0, 0.05) is 46.9 Å². The molecule has 0 unspecified atom stereocenters. The summed E-state index contributed by atoms with van der Waals surface area (Å²) in [5.74, 6) is -0.876. The van der Waals surface area contributed by atoms with E-state index in [9.17, 15) is 13.6 Å². The van der Waals surface area contributed by atoms with E-state index in [1.807, 2.05) is 30.7 Å². The number of nitrogens with one attached hydrogen (secondary N) is 2. The van der Waals surface area contributed by atoms with E-state index in [4.69, 9.17) is 15.0 Å². The van der Waals surface area contributed by atoms with Gasteiger partial charge >= 0.3 is 0 Å². The lowest BCUT2D eigenvalue weighted by atomic mass is 9.71. The SMILES string of the molecule is Cc1cc(F)c(Nc2nc(-c3cnc4c(c3)N(C3CC(C)(N5CCCCC5)C3)CC4(C)C)cc3ncn(C(C)C)c23)cc1C(=O)NC1(C(F)F)CC1. The molecule has 2 saturated carbocycles. The zero-order valence-electron chi connectivity index (χ0n) is 31.0. The van der Waals surface area contributed by atoms with E-state index in [0.29, 0.717) is 34.2 Å². The van der Waals surface area contributed by atoms with Gasteiger partial charge in [0.15, 0.2) is 5.82 Å². The van der Waals surface area contributed by atoms with Gasteiger partial charge in [-0.05, 0) is 109 Å². The molecule has 12 heteroatoms. The van der Waals surface area contributed by atoms with E-state index >= 15 is 4.39 Å². The number of pyridine rings is 2. The fraction of sp³-hybridized carbons (Fsp3) is 0.550. The van der Waals surface area contributed by atoms with Gasteiger partial charge in [0.1, 0.15) is 16.9 Å². The third kappa shape index (κ3) is 5.90. The molecule has 3 fully saturated rings. The molecule has 2 aliphatic carbocycles. The van der Waals surface area contributed by atoms with Gasteiger partial charge in [0.05, 0.1) is 34.6 Å². The molecule has 8 rings (SSSR count). The summed E-state index contributed by atoms with van der Waals surface area (Å²) in [5.41, 5.74) is 4.14. The van der Waals surface area contributed by atoms with Crippen molar-refractivity contribution in [2.45, 2.75) is 121 Å². The van der Waals surface area contributed by atoms with Gasteiger partial charge in [-0.1, -0.05) is 20.3 Å². The molecule has 0 radical (unpaired) electrons. The lowest BCUT2D eigenvalue weighted by Crippen LogP contribution is -2.63. The number of amides is 1. The summed E-state index contributed by atoms with van der Waals surface area (Å²) in [7, 11) is 0. The first-order chi connectivity index (χ1) is 24.7. The molecule has 5 heterocycles. The van der Waals surface area contributed by atoms with Gasteiger partial charge in [-0.3, -0.25) is 14.7 Å². The quantitative estimate of drug-likeness (QED) is 0.180. The first kappa shape index (κ1) is 34.9. The molecule has 0 spiro atoms. The smallest absolute Gasteiger partial charge is 0.261 e.